The summed E-state index contributed by atoms with van der Waals surface area (Å²) in [4.78, 5) is 33.3. The molecule has 0 aromatic heterocycles. The molecule has 1 fully saturated rings. The Hall–Kier alpha value is -2.17. The molecule has 0 bridgehead atoms. The van der Waals surface area contributed by atoms with Crippen molar-refractivity contribution in [1.82, 2.24) is 4.90 Å². The number of rotatable bonds is 8. The van der Waals surface area contributed by atoms with Gasteiger partial charge in [-0.2, -0.15) is 0 Å². The molecular formula is C29H44N2O3. The van der Waals surface area contributed by atoms with Crippen LogP contribution in [0.25, 0.3) is 0 Å². The first kappa shape index (κ1) is 26.4. The molecule has 1 spiro atoms. The van der Waals surface area contributed by atoms with Crippen molar-refractivity contribution in [3.63, 3.8) is 0 Å². The molecule has 0 saturated heterocycles. The Morgan fingerprint density at radius 2 is 1.79 bits per heavy atom. The smallest absolute Gasteiger partial charge is 0.337 e. The van der Waals surface area contributed by atoms with Crippen molar-refractivity contribution < 1.29 is 14.3 Å². The van der Waals surface area contributed by atoms with Gasteiger partial charge in [-0.05, 0) is 73.5 Å². The summed E-state index contributed by atoms with van der Waals surface area (Å²) in [5.74, 6) is 0.807. The highest BCUT2D eigenvalue weighted by atomic mass is 16.5. The van der Waals surface area contributed by atoms with E-state index in [1.807, 2.05) is 24.3 Å². The molecule has 5 heteroatoms. The molecule has 1 atom stereocenters. The summed E-state index contributed by atoms with van der Waals surface area (Å²) in [5.41, 5.74) is 2.18. The molecular weight excluding hydrogens is 424 g/mol. The molecule has 2 aliphatic rings. The number of ether oxygens (including phenoxy) is 1. The van der Waals surface area contributed by atoms with Crippen LogP contribution in [0.4, 0.5) is 0 Å². The number of aliphatic imine (C=N–C) groups is 1. The topological polar surface area (TPSA) is 59.0 Å². The first-order valence-corrected chi connectivity index (χ1v) is 13.1. The van der Waals surface area contributed by atoms with Crippen LogP contribution in [0.1, 0.15) is 115 Å². The third kappa shape index (κ3) is 5.55. The van der Waals surface area contributed by atoms with Crippen LogP contribution in [0, 0.1) is 17.3 Å². The van der Waals surface area contributed by atoms with Crippen LogP contribution >= 0.6 is 0 Å². The number of methoxy groups -OCH3 is 1. The van der Waals surface area contributed by atoms with Gasteiger partial charge in [0.1, 0.15) is 11.4 Å². The van der Waals surface area contributed by atoms with Crippen LogP contribution in [0.3, 0.4) is 0 Å². The highest BCUT2D eigenvalue weighted by Crippen LogP contribution is 2.49. The highest BCUT2D eigenvalue weighted by Gasteiger charge is 2.52. The maximum absolute atomic E-state index is 13.9. The van der Waals surface area contributed by atoms with Crippen molar-refractivity contribution in [3.8, 4) is 0 Å². The second-order valence-electron chi connectivity index (χ2n) is 11.7. The van der Waals surface area contributed by atoms with E-state index in [1.165, 1.54) is 7.11 Å². The summed E-state index contributed by atoms with van der Waals surface area (Å²) in [7, 11) is 1.40. The lowest BCUT2D eigenvalue weighted by Gasteiger charge is -2.47. The van der Waals surface area contributed by atoms with Gasteiger partial charge in [0.15, 0.2) is 0 Å². The number of unbranched alkanes of at least 4 members (excludes halogenated alkanes) is 1. The Morgan fingerprint density at radius 1 is 1.18 bits per heavy atom. The third-order valence-electron chi connectivity index (χ3n) is 7.73. The Morgan fingerprint density at radius 3 is 2.29 bits per heavy atom. The van der Waals surface area contributed by atoms with E-state index in [2.05, 4.69) is 46.4 Å². The van der Waals surface area contributed by atoms with Crippen LogP contribution in [0.5, 0.6) is 0 Å². The molecule has 1 amide bonds. The van der Waals surface area contributed by atoms with Crippen molar-refractivity contribution in [3.05, 3.63) is 35.4 Å². The molecule has 1 aromatic carbocycles. The summed E-state index contributed by atoms with van der Waals surface area (Å²) in [5, 5.41) is 0. The van der Waals surface area contributed by atoms with E-state index < -0.39 is 5.66 Å². The van der Waals surface area contributed by atoms with E-state index in [-0.39, 0.29) is 23.3 Å². The van der Waals surface area contributed by atoms with Crippen LogP contribution < -0.4 is 0 Å². The lowest BCUT2D eigenvalue weighted by atomic mass is 9.69. The van der Waals surface area contributed by atoms with Gasteiger partial charge in [-0.15, -0.1) is 0 Å². The minimum Gasteiger partial charge on any atom is -0.465 e. The number of hydrogen-bond donors (Lipinski definition) is 0. The summed E-state index contributed by atoms with van der Waals surface area (Å²) in [6.45, 7) is 13.5. The molecule has 5 nitrogen and oxygen atoms in total. The van der Waals surface area contributed by atoms with Gasteiger partial charge in [0, 0.05) is 0 Å². The quantitative estimate of drug-likeness (QED) is 0.387. The molecule has 1 aliphatic carbocycles. The molecule has 1 heterocycles. The van der Waals surface area contributed by atoms with Gasteiger partial charge in [0.2, 0.25) is 0 Å². The van der Waals surface area contributed by atoms with Gasteiger partial charge in [0.25, 0.3) is 5.91 Å². The average molecular weight is 469 g/mol. The van der Waals surface area contributed by atoms with E-state index >= 15 is 0 Å². The first-order chi connectivity index (χ1) is 16.0. The summed E-state index contributed by atoms with van der Waals surface area (Å²) >= 11 is 0. The molecule has 188 valence electrons. The minimum atomic E-state index is -0.442. The summed E-state index contributed by atoms with van der Waals surface area (Å²) in [6, 6.07) is 7.59. The largest absolute Gasteiger partial charge is 0.465 e. The van der Waals surface area contributed by atoms with Gasteiger partial charge in [0.05, 0.1) is 18.7 Å². The number of carbonyl (C=O) groups excluding carboxylic acids is 2. The maximum Gasteiger partial charge on any atom is 0.337 e. The number of carbonyl (C=O) groups is 2. The van der Waals surface area contributed by atoms with E-state index in [0.29, 0.717) is 17.4 Å². The Kier molecular flexibility index (Phi) is 8.26. The monoisotopic (exact) mass is 468 g/mol. The Balaban J connectivity index is 1.99. The van der Waals surface area contributed by atoms with Crippen molar-refractivity contribution in [2.45, 2.75) is 105 Å². The lowest BCUT2D eigenvalue weighted by molar-refractivity contribution is -0.134. The second-order valence-corrected chi connectivity index (χ2v) is 11.7. The molecule has 1 saturated carbocycles. The molecule has 1 aromatic rings. The van der Waals surface area contributed by atoms with E-state index in [4.69, 9.17) is 9.73 Å². The van der Waals surface area contributed by atoms with Crippen LogP contribution in [-0.2, 0) is 9.53 Å². The molecule has 0 N–H and O–H groups in total. The molecule has 34 heavy (non-hydrogen) atoms. The predicted octanol–water partition coefficient (Wildman–Crippen LogP) is 6.97. The molecule has 1 aliphatic heterocycles. The van der Waals surface area contributed by atoms with Gasteiger partial charge < -0.3 is 9.64 Å². The van der Waals surface area contributed by atoms with Crippen LogP contribution in [-0.4, -0.2) is 35.3 Å². The molecule has 0 unspecified atom stereocenters. The predicted molar refractivity (Wildman–Crippen MR) is 138 cm³/mol. The maximum atomic E-state index is 13.9. The van der Waals surface area contributed by atoms with Gasteiger partial charge in [-0.25, -0.2) is 4.79 Å². The van der Waals surface area contributed by atoms with Crippen molar-refractivity contribution in [2.75, 3.05) is 7.11 Å². The zero-order valence-corrected chi connectivity index (χ0v) is 22.3. The van der Waals surface area contributed by atoms with Gasteiger partial charge in [-0.3, -0.25) is 9.79 Å². The van der Waals surface area contributed by atoms with Crippen molar-refractivity contribution in [2.24, 2.45) is 22.2 Å². The molecule has 0 radical (unpaired) electrons. The second kappa shape index (κ2) is 10.6. The Bertz CT molecular complexity index is 887. The van der Waals surface area contributed by atoms with Gasteiger partial charge in [-0.1, -0.05) is 66.5 Å². The summed E-state index contributed by atoms with van der Waals surface area (Å²) < 4.78 is 4.88. The average Bonchev–Trinajstić information content (AvgIpc) is 3.04. The fraction of sp³-hybridized carbons (Fsp3) is 0.690. The number of nitrogens with zero attached hydrogens (tertiary/aromatic N) is 2. The number of benzene rings is 1. The fourth-order valence-electron chi connectivity index (χ4n) is 5.73. The van der Waals surface area contributed by atoms with Crippen LogP contribution in [0.15, 0.2) is 29.3 Å². The van der Waals surface area contributed by atoms with Crippen molar-refractivity contribution >= 4 is 17.6 Å². The first-order valence-electron chi connectivity index (χ1n) is 13.1. The van der Waals surface area contributed by atoms with Crippen LogP contribution in [0.2, 0.25) is 0 Å². The van der Waals surface area contributed by atoms with E-state index in [0.717, 1.165) is 62.6 Å². The Labute approximate surface area is 206 Å². The highest BCUT2D eigenvalue weighted by molar-refractivity contribution is 6.40. The number of amides is 1. The molecule has 3 rings (SSSR count). The standard InChI is InChI=1S/C29H44N2O3/c1-8-9-10-25(21-11-13-22(14-12-21)27(33)34-7)31-26(32)24(19-20(2)3)30-29(31)17-15-23(16-18-29)28(4,5)6/h11-14,20,23,25H,8-10,15-19H2,1-7H3/t23?,25-,29?/m1/s1. The zero-order chi connectivity index (χ0) is 25.1. The fourth-order valence-corrected chi connectivity index (χ4v) is 5.73. The number of esters is 1. The summed E-state index contributed by atoms with van der Waals surface area (Å²) in [6.07, 6.45) is 7.75. The third-order valence-corrected chi connectivity index (χ3v) is 7.73. The van der Waals surface area contributed by atoms with Crippen molar-refractivity contribution in [1.29, 1.82) is 0 Å². The normalized spacial score (nSPS) is 24.0. The number of hydrogen-bond acceptors (Lipinski definition) is 4. The SMILES string of the molecule is CCCC[C@H](c1ccc(C(=O)OC)cc1)N1C(=O)C(CC(C)C)=NC12CCC(C(C)(C)C)CC2. The zero-order valence-electron chi connectivity index (χ0n) is 22.3. The van der Waals surface area contributed by atoms with E-state index in [9.17, 15) is 9.59 Å². The van der Waals surface area contributed by atoms with Gasteiger partial charge >= 0.3 is 5.97 Å². The van der Waals surface area contributed by atoms with E-state index in [1.54, 1.807) is 0 Å². The minimum absolute atomic E-state index is 0.0428. The lowest BCUT2D eigenvalue weighted by Crippen LogP contribution is -2.51.